The van der Waals surface area contributed by atoms with Crippen LogP contribution in [0, 0.1) is 0 Å². The van der Waals surface area contributed by atoms with Crippen molar-refractivity contribution >= 4 is 18.0 Å². The SMILES string of the molecule is CNc1ccc(/C=C/c2cnc(OCCOCCF)nc2)cn1. The van der Waals surface area contributed by atoms with E-state index in [1.807, 2.05) is 31.3 Å². The van der Waals surface area contributed by atoms with Gasteiger partial charge in [-0.3, -0.25) is 0 Å². The molecule has 0 fully saturated rings. The molecular formula is C16H19FN4O2. The maximum absolute atomic E-state index is 11.8. The van der Waals surface area contributed by atoms with E-state index in [0.717, 1.165) is 16.9 Å². The molecule has 0 unspecified atom stereocenters. The number of ether oxygens (including phenoxy) is 2. The van der Waals surface area contributed by atoms with Gasteiger partial charge in [0.25, 0.3) is 0 Å². The zero-order valence-corrected chi connectivity index (χ0v) is 12.9. The van der Waals surface area contributed by atoms with Crippen LogP contribution in [0.15, 0.2) is 30.7 Å². The average Bonchev–Trinajstić information content (AvgIpc) is 2.61. The lowest BCUT2D eigenvalue weighted by Gasteiger charge is -2.04. The first-order valence-electron chi connectivity index (χ1n) is 7.22. The molecule has 0 saturated carbocycles. The fraction of sp³-hybridized carbons (Fsp3) is 0.312. The minimum atomic E-state index is -0.495. The van der Waals surface area contributed by atoms with Crippen LogP contribution in [0.25, 0.3) is 12.2 Å². The van der Waals surface area contributed by atoms with Crippen LogP contribution < -0.4 is 10.1 Å². The normalized spacial score (nSPS) is 10.9. The van der Waals surface area contributed by atoms with Crippen LogP contribution in [0.4, 0.5) is 10.2 Å². The molecule has 0 aliphatic rings. The molecule has 0 aromatic carbocycles. The fourth-order valence-electron chi connectivity index (χ4n) is 1.68. The molecule has 2 rings (SSSR count). The third-order valence-corrected chi connectivity index (χ3v) is 2.84. The molecule has 23 heavy (non-hydrogen) atoms. The van der Waals surface area contributed by atoms with Crippen molar-refractivity contribution < 1.29 is 13.9 Å². The second-order valence-corrected chi connectivity index (χ2v) is 4.51. The molecular weight excluding hydrogens is 299 g/mol. The number of halogens is 1. The quantitative estimate of drug-likeness (QED) is 0.716. The highest BCUT2D eigenvalue weighted by molar-refractivity contribution is 5.68. The Kier molecular flexibility index (Phi) is 6.93. The first-order valence-corrected chi connectivity index (χ1v) is 7.22. The molecule has 2 aromatic rings. The average molecular weight is 318 g/mol. The summed E-state index contributed by atoms with van der Waals surface area (Å²) in [4.78, 5) is 12.4. The van der Waals surface area contributed by atoms with Crippen molar-refractivity contribution in [2.45, 2.75) is 0 Å². The molecule has 0 amide bonds. The topological polar surface area (TPSA) is 69.2 Å². The maximum Gasteiger partial charge on any atom is 0.316 e. The van der Waals surface area contributed by atoms with E-state index in [4.69, 9.17) is 9.47 Å². The minimum Gasteiger partial charge on any atom is -0.461 e. The summed E-state index contributed by atoms with van der Waals surface area (Å²) < 4.78 is 22.1. The van der Waals surface area contributed by atoms with Crippen LogP contribution in [-0.2, 0) is 4.74 Å². The smallest absolute Gasteiger partial charge is 0.316 e. The van der Waals surface area contributed by atoms with Crippen molar-refractivity contribution in [2.75, 3.05) is 38.9 Å². The van der Waals surface area contributed by atoms with Gasteiger partial charge in [-0.15, -0.1) is 0 Å². The van der Waals surface area contributed by atoms with Crippen molar-refractivity contribution in [3.8, 4) is 6.01 Å². The van der Waals surface area contributed by atoms with Crippen LogP contribution >= 0.6 is 0 Å². The highest BCUT2D eigenvalue weighted by Crippen LogP contribution is 2.10. The third kappa shape index (κ3) is 5.99. The molecule has 0 radical (unpaired) electrons. The Morgan fingerprint density at radius 3 is 2.39 bits per heavy atom. The summed E-state index contributed by atoms with van der Waals surface area (Å²) in [6, 6.07) is 4.13. The summed E-state index contributed by atoms with van der Waals surface area (Å²) in [5.41, 5.74) is 1.83. The lowest BCUT2D eigenvalue weighted by atomic mass is 10.2. The number of rotatable bonds is 9. The van der Waals surface area contributed by atoms with Gasteiger partial charge in [0.1, 0.15) is 19.1 Å². The summed E-state index contributed by atoms with van der Waals surface area (Å²) in [6.45, 7) is 0.187. The van der Waals surface area contributed by atoms with Gasteiger partial charge in [-0.25, -0.2) is 19.3 Å². The molecule has 6 nitrogen and oxygen atoms in total. The predicted octanol–water partition coefficient (Wildman–Crippen LogP) is 2.45. The highest BCUT2D eigenvalue weighted by atomic mass is 19.1. The van der Waals surface area contributed by atoms with Crippen molar-refractivity contribution in [3.63, 3.8) is 0 Å². The van der Waals surface area contributed by atoms with E-state index < -0.39 is 6.67 Å². The first-order chi connectivity index (χ1) is 11.3. The third-order valence-electron chi connectivity index (χ3n) is 2.84. The molecule has 0 aliphatic heterocycles. The second-order valence-electron chi connectivity index (χ2n) is 4.51. The molecule has 0 saturated heterocycles. The number of aromatic nitrogens is 3. The molecule has 2 aromatic heterocycles. The first kappa shape index (κ1) is 16.8. The monoisotopic (exact) mass is 318 g/mol. The summed E-state index contributed by atoms with van der Waals surface area (Å²) in [5.74, 6) is 0.822. The van der Waals surface area contributed by atoms with Crippen LogP contribution in [-0.4, -0.2) is 48.5 Å². The van der Waals surface area contributed by atoms with Crippen LogP contribution in [0.2, 0.25) is 0 Å². The maximum atomic E-state index is 11.8. The molecule has 0 spiro atoms. The van der Waals surface area contributed by atoms with E-state index >= 15 is 0 Å². The van der Waals surface area contributed by atoms with Crippen molar-refractivity contribution in [1.82, 2.24) is 15.0 Å². The highest BCUT2D eigenvalue weighted by Gasteiger charge is 1.97. The van der Waals surface area contributed by atoms with Gasteiger partial charge < -0.3 is 14.8 Å². The Hall–Kier alpha value is -2.54. The molecule has 0 atom stereocenters. The van der Waals surface area contributed by atoms with Gasteiger partial charge in [0.15, 0.2) is 0 Å². The Morgan fingerprint density at radius 2 is 1.74 bits per heavy atom. The standard InChI is InChI=1S/C16H19FN4O2/c1-18-15-5-4-13(10-19-15)2-3-14-11-20-16(21-12-14)23-9-8-22-7-6-17/h2-5,10-12H,6-9H2,1H3,(H,18,19)/b3-2+. The van der Waals surface area contributed by atoms with Gasteiger partial charge in [-0.2, -0.15) is 0 Å². The number of alkyl halides is 1. The van der Waals surface area contributed by atoms with Gasteiger partial charge in [0, 0.05) is 31.2 Å². The number of pyridine rings is 1. The van der Waals surface area contributed by atoms with Crippen LogP contribution in [0.5, 0.6) is 6.01 Å². The summed E-state index contributed by atoms with van der Waals surface area (Å²) in [7, 11) is 1.83. The van der Waals surface area contributed by atoms with E-state index in [9.17, 15) is 4.39 Å². The Morgan fingerprint density at radius 1 is 1.00 bits per heavy atom. The number of anilines is 1. The van der Waals surface area contributed by atoms with Gasteiger partial charge in [-0.05, 0) is 17.7 Å². The van der Waals surface area contributed by atoms with Crippen molar-refractivity contribution in [2.24, 2.45) is 0 Å². The number of nitrogens with one attached hydrogen (secondary N) is 1. The van der Waals surface area contributed by atoms with Crippen LogP contribution in [0.3, 0.4) is 0 Å². The molecule has 7 heteroatoms. The van der Waals surface area contributed by atoms with Gasteiger partial charge >= 0.3 is 6.01 Å². The Labute approximate surface area is 134 Å². The van der Waals surface area contributed by atoms with E-state index in [2.05, 4.69) is 20.3 Å². The molecule has 0 aliphatic carbocycles. The molecule has 1 N–H and O–H groups in total. The molecule has 2 heterocycles. The lowest BCUT2D eigenvalue weighted by Crippen LogP contribution is -2.09. The zero-order valence-electron chi connectivity index (χ0n) is 12.9. The Balaban J connectivity index is 1.82. The van der Waals surface area contributed by atoms with E-state index in [0.29, 0.717) is 13.2 Å². The van der Waals surface area contributed by atoms with Gasteiger partial charge in [-0.1, -0.05) is 12.2 Å². The van der Waals surface area contributed by atoms with E-state index in [1.165, 1.54) is 0 Å². The lowest BCUT2D eigenvalue weighted by molar-refractivity contribution is 0.0868. The number of nitrogens with zero attached hydrogens (tertiary/aromatic N) is 3. The molecule has 0 bridgehead atoms. The second kappa shape index (κ2) is 9.47. The van der Waals surface area contributed by atoms with Crippen molar-refractivity contribution in [3.05, 3.63) is 41.9 Å². The summed E-state index contributed by atoms with van der Waals surface area (Å²) >= 11 is 0. The minimum absolute atomic E-state index is 0.0815. The fourth-order valence-corrected chi connectivity index (χ4v) is 1.68. The predicted molar refractivity (Wildman–Crippen MR) is 87.0 cm³/mol. The number of hydrogen-bond acceptors (Lipinski definition) is 6. The Bertz CT molecular complexity index is 602. The largest absolute Gasteiger partial charge is 0.461 e. The van der Waals surface area contributed by atoms with E-state index in [-0.39, 0.29) is 12.6 Å². The van der Waals surface area contributed by atoms with Gasteiger partial charge in [0.2, 0.25) is 0 Å². The van der Waals surface area contributed by atoms with Gasteiger partial charge in [0.05, 0.1) is 13.2 Å². The number of hydrogen-bond donors (Lipinski definition) is 1. The summed E-state index contributed by atoms with van der Waals surface area (Å²) in [6.07, 6.45) is 8.92. The summed E-state index contributed by atoms with van der Waals surface area (Å²) in [5, 5.41) is 2.97. The molecule has 122 valence electrons. The van der Waals surface area contributed by atoms with E-state index in [1.54, 1.807) is 18.6 Å². The van der Waals surface area contributed by atoms with Crippen molar-refractivity contribution in [1.29, 1.82) is 0 Å². The van der Waals surface area contributed by atoms with Crippen LogP contribution in [0.1, 0.15) is 11.1 Å². The zero-order chi connectivity index (χ0) is 16.3.